The number of rotatable bonds is 15. The number of aliphatic carboxylic acids is 2. The molecule has 0 bridgehead atoms. The lowest BCUT2D eigenvalue weighted by Crippen LogP contribution is -2.57. The van der Waals surface area contributed by atoms with Gasteiger partial charge in [-0.2, -0.15) is 0 Å². The van der Waals surface area contributed by atoms with Crippen LogP contribution in [0.4, 0.5) is 0 Å². The van der Waals surface area contributed by atoms with Crippen LogP contribution >= 0.6 is 0 Å². The van der Waals surface area contributed by atoms with Crippen molar-refractivity contribution in [2.75, 3.05) is 13.1 Å². The molecule has 1 aliphatic heterocycles. The highest BCUT2D eigenvalue weighted by Crippen LogP contribution is 2.20. The second kappa shape index (κ2) is 14.9. The van der Waals surface area contributed by atoms with Crippen LogP contribution < -0.4 is 27.8 Å². The van der Waals surface area contributed by atoms with E-state index >= 15 is 0 Å². The van der Waals surface area contributed by atoms with E-state index in [-0.39, 0.29) is 50.7 Å². The van der Waals surface area contributed by atoms with E-state index in [1.807, 2.05) is 13.8 Å². The molecule has 0 saturated carbocycles. The lowest BCUT2D eigenvalue weighted by Gasteiger charge is -2.29. The number of carbonyl (C=O) groups excluding carboxylic acids is 3. The van der Waals surface area contributed by atoms with Crippen molar-refractivity contribution >= 4 is 35.6 Å². The fourth-order valence-corrected chi connectivity index (χ4v) is 3.91. The maximum Gasteiger partial charge on any atom is 0.326 e. The maximum atomic E-state index is 13.2. The number of aliphatic imine (C=N–C) groups is 1. The third-order valence-electron chi connectivity index (χ3n) is 5.73. The van der Waals surface area contributed by atoms with Crippen LogP contribution in [0, 0.1) is 5.92 Å². The van der Waals surface area contributed by atoms with Crippen molar-refractivity contribution in [1.82, 2.24) is 15.5 Å². The van der Waals surface area contributed by atoms with Gasteiger partial charge in [0.2, 0.25) is 17.7 Å². The molecule has 0 radical (unpaired) electrons. The Morgan fingerprint density at radius 1 is 1.03 bits per heavy atom. The number of carboxylic acid groups (broad SMARTS) is 2. The average Bonchev–Trinajstić information content (AvgIpc) is 3.28. The Morgan fingerprint density at radius 3 is 2.22 bits per heavy atom. The molecule has 3 amide bonds. The molecule has 10 N–H and O–H groups in total. The van der Waals surface area contributed by atoms with Crippen LogP contribution in [0.15, 0.2) is 4.99 Å². The molecular formula is C22H39N7O7. The van der Waals surface area contributed by atoms with Crippen LogP contribution in [0.3, 0.4) is 0 Å². The lowest BCUT2D eigenvalue weighted by atomic mass is 10.0. The van der Waals surface area contributed by atoms with E-state index in [0.717, 1.165) is 0 Å². The van der Waals surface area contributed by atoms with Crippen LogP contribution in [0.5, 0.6) is 0 Å². The number of likely N-dealkylation sites (tertiary alicyclic amines) is 1. The summed E-state index contributed by atoms with van der Waals surface area (Å²) in [5, 5.41) is 23.5. The van der Waals surface area contributed by atoms with Gasteiger partial charge in [-0.3, -0.25) is 24.2 Å². The molecule has 1 fully saturated rings. The van der Waals surface area contributed by atoms with Gasteiger partial charge in [0.25, 0.3) is 0 Å². The third-order valence-corrected chi connectivity index (χ3v) is 5.73. The number of amides is 3. The van der Waals surface area contributed by atoms with Gasteiger partial charge in [-0.15, -0.1) is 0 Å². The topological polar surface area (TPSA) is 244 Å². The van der Waals surface area contributed by atoms with E-state index < -0.39 is 53.8 Å². The molecule has 1 saturated heterocycles. The first kappa shape index (κ1) is 30.6. The minimum absolute atomic E-state index is 0.0118. The Bertz CT molecular complexity index is 830. The SMILES string of the molecule is CC(C)CC(NC(=O)C(N)CCC(=O)O)C(=O)NC(CCCN=C(N)N)C(=O)N1CCCC1C(=O)O. The van der Waals surface area contributed by atoms with Crippen LogP contribution in [-0.4, -0.2) is 88.0 Å². The van der Waals surface area contributed by atoms with Gasteiger partial charge in [0, 0.05) is 19.5 Å². The molecule has 0 aromatic carbocycles. The molecular weight excluding hydrogens is 474 g/mol. The van der Waals surface area contributed by atoms with Crippen molar-refractivity contribution < 1.29 is 34.2 Å². The zero-order chi connectivity index (χ0) is 27.4. The number of hydrogen-bond donors (Lipinski definition) is 7. The second-order valence-electron chi connectivity index (χ2n) is 9.27. The molecule has 1 heterocycles. The van der Waals surface area contributed by atoms with Crippen molar-refractivity contribution in [2.45, 2.75) is 83.0 Å². The van der Waals surface area contributed by atoms with Gasteiger partial charge in [-0.1, -0.05) is 13.8 Å². The molecule has 0 aromatic rings. The van der Waals surface area contributed by atoms with E-state index in [4.69, 9.17) is 22.3 Å². The zero-order valence-corrected chi connectivity index (χ0v) is 20.8. The van der Waals surface area contributed by atoms with Crippen molar-refractivity contribution in [3.8, 4) is 0 Å². The number of hydrogen-bond acceptors (Lipinski definition) is 7. The highest BCUT2D eigenvalue weighted by Gasteiger charge is 2.38. The van der Waals surface area contributed by atoms with Crippen LogP contribution in [-0.2, 0) is 24.0 Å². The van der Waals surface area contributed by atoms with E-state index in [1.165, 1.54) is 4.90 Å². The minimum Gasteiger partial charge on any atom is -0.481 e. The second-order valence-corrected chi connectivity index (χ2v) is 9.27. The number of carboxylic acids is 2. The smallest absolute Gasteiger partial charge is 0.326 e. The van der Waals surface area contributed by atoms with Crippen molar-refractivity contribution in [2.24, 2.45) is 28.1 Å². The molecule has 0 aromatic heterocycles. The Hall–Kier alpha value is -3.42. The van der Waals surface area contributed by atoms with Gasteiger partial charge in [-0.25, -0.2) is 4.79 Å². The molecule has 14 nitrogen and oxygen atoms in total. The molecule has 204 valence electrons. The first-order chi connectivity index (χ1) is 16.8. The first-order valence-electron chi connectivity index (χ1n) is 12.0. The van der Waals surface area contributed by atoms with E-state index in [1.54, 1.807) is 0 Å². The summed E-state index contributed by atoms with van der Waals surface area (Å²) in [6.07, 6.45) is 1.15. The molecule has 0 spiro atoms. The Morgan fingerprint density at radius 2 is 1.67 bits per heavy atom. The van der Waals surface area contributed by atoms with Crippen molar-refractivity contribution in [3.05, 3.63) is 0 Å². The normalized spacial score (nSPS) is 17.7. The van der Waals surface area contributed by atoms with E-state index in [0.29, 0.717) is 19.3 Å². The number of nitrogens with one attached hydrogen (secondary N) is 2. The average molecular weight is 514 g/mol. The molecule has 4 atom stereocenters. The Balaban J connectivity index is 3.01. The Labute approximate surface area is 210 Å². The van der Waals surface area contributed by atoms with Crippen LogP contribution in [0.1, 0.15) is 58.8 Å². The molecule has 1 aliphatic rings. The summed E-state index contributed by atoms with van der Waals surface area (Å²) in [6, 6.07) is -4.19. The fraction of sp³-hybridized carbons (Fsp3) is 0.727. The largest absolute Gasteiger partial charge is 0.481 e. The summed E-state index contributed by atoms with van der Waals surface area (Å²) in [5.74, 6) is -4.20. The molecule has 0 aliphatic carbocycles. The fourth-order valence-electron chi connectivity index (χ4n) is 3.91. The first-order valence-corrected chi connectivity index (χ1v) is 12.0. The number of nitrogens with zero attached hydrogens (tertiary/aromatic N) is 2. The summed E-state index contributed by atoms with van der Waals surface area (Å²) in [6.45, 7) is 4.14. The molecule has 36 heavy (non-hydrogen) atoms. The number of guanidine groups is 1. The highest BCUT2D eigenvalue weighted by molar-refractivity contribution is 5.94. The zero-order valence-electron chi connectivity index (χ0n) is 20.8. The minimum atomic E-state index is -1.12. The number of carbonyl (C=O) groups is 5. The third kappa shape index (κ3) is 10.5. The quantitative estimate of drug-likeness (QED) is 0.0744. The molecule has 14 heteroatoms. The van der Waals surface area contributed by atoms with Gasteiger partial charge >= 0.3 is 11.9 Å². The summed E-state index contributed by atoms with van der Waals surface area (Å²) in [4.78, 5) is 66.4. The van der Waals surface area contributed by atoms with Crippen molar-refractivity contribution in [1.29, 1.82) is 0 Å². The summed E-state index contributed by atoms with van der Waals surface area (Å²) in [7, 11) is 0. The van der Waals surface area contributed by atoms with Gasteiger partial charge in [0.05, 0.1) is 6.04 Å². The van der Waals surface area contributed by atoms with Gasteiger partial charge in [0.1, 0.15) is 18.1 Å². The molecule has 4 unspecified atom stereocenters. The van der Waals surface area contributed by atoms with Gasteiger partial charge in [0.15, 0.2) is 5.96 Å². The van der Waals surface area contributed by atoms with E-state index in [2.05, 4.69) is 15.6 Å². The van der Waals surface area contributed by atoms with E-state index in [9.17, 15) is 29.1 Å². The lowest BCUT2D eigenvalue weighted by molar-refractivity contribution is -0.149. The predicted octanol–water partition coefficient (Wildman–Crippen LogP) is -1.68. The number of nitrogens with two attached hydrogens (primary N) is 3. The molecule has 1 rings (SSSR count). The maximum absolute atomic E-state index is 13.2. The van der Waals surface area contributed by atoms with Crippen LogP contribution in [0.25, 0.3) is 0 Å². The predicted molar refractivity (Wildman–Crippen MR) is 130 cm³/mol. The Kier molecular flexibility index (Phi) is 12.6. The van der Waals surface area contributed by atoms with Gasteiger partial charge in [-0.05, 0) is 44.4 Å². The van der Waals surface area contributed by atoms with Crippen molar-refractivity contribution in [3.63, 3.8) is 0 Å². The monoisotopic (exact) mass is 513 g/mol. The van der Waals surface area contributed by atoms with Crippen LogP contribution in [0.2, 0.25) is 0 Å². The summed E-state index contributed by atoms with van der Waals surface area (Å²) in [5.41, 5.74) is 16.4. The standard InChI is InChI=1S/C22H39N7O7/c1-12(2)11-15(28-18(32)13(23)7-8-17(30)31)19(33)27-14(5-3-9-26-22(24)25)20(34)29-10-4-6-16(29)21(35)36/h12-16H,3-11,23H2,1-2H3,(H,27,33)(H,28,32)(H,30,31)(H,35,36)(H4,24,25,26). The van der Waals surface area contributed by atoms with Gasteiger partial charge < -0.3 is 42.9 Å². The summed E-state index contributed by atoms with van der Waals surface area (Å²) >= 11 is 0. The highest BCUT2D eigenvalue weighted by atomic mass is 16.4. The summed E-state index contributed by atoms with van der Waals surface area (Å²) < 4.78 is 0.